The molecule has 1 fully saturated rings. The van der Waals surface area contributed by atoms with Crippen molar-refractivity contribution in [3.05, 3.63) is 23.3 Å². The molecule has 0 unspecified atom stereocenters. The van der Waals surface area contributed by atoms with Crippen molar-refractivity contribution in [2.45, 2.75) is 63.5 Å². The molecular weight excluding hydrogens is 401 g/mol. The van der Waals surface area contributed by atoms with Crippen molar-refractivity contribution >= 4 is 11.8 Å². The molecule has 6 heteroatoms. The van der Waals surface area contributed by atoms with Gasteiger partial charge in [-0.05, 0) is 60.6 Å². The summed E-state index contributed by atoms with van der Waals surface area (Å²) in [7, 11) is 3.36. The SMILES string of the molecule is COc1cc2c(cc1OC)[C@@H]1C[C@H](O)[C@@H](CCCCCCCSCCF)CN1CC2. The zero-order chi connectivity index (χ0) is 21.3. The van der Waals surface area contributed by atoms with Crippen LogP contribution in [0.2, 0.25) is 0 Å². The van der Waals surface area contributed by atoms with Crippen LogP contribution in [0.3, 0.4) is 0 Å². The van der Waals surface area contributed by atoms with Crippen LogP contribution < -0.4 is 9.47 Å². The number of piperidine rings is 1. The maximum Gasteiger partial charge on any atom is 0.161 e. The number of methoxy groups -OCH3 is 2. The summed E-state index contributed by atoms with van der Waals surface area (Å²) in [4.78, 5) is 2.56. The minimum absolute atomic E-state index is 0.209. The number of benzene rings is 1. The van der Waals surface area contributed by atoms with Crippen LogP contribution in [-0.2, 0) is 6.42 Å². The van der Waals surface area contributed by atoms with E-state index < -0.39 is 0 Å². The molecule has 4 nitrogen and oxygen atoms in total. The Morgan fingerprint density at radius 2 is 1.80 bits per heavy atom. The smallest absolute Gasteiger partial charge is 0.161 e. The van der Waals surface area contributed by atoms with E-state index in [0.29, 0.717) is 11.7 Å². The van der Waals surface area contributed by atoms with E-state index in [9.17, 15) is 9.50 Å². The minimum atomic E-state index is -0.234. The number of fused-ring (bicyclic) bond motifs is 3. The summed E-state index contributed by atoms with van der Waals surface area (Å²) in [5.41, 5.74) is 2.62. The highest BCUT2D eigenvalue weighted by molar-refractivity contribution is 7.99. The second-order valence-corrected chi connectivity index (χ2v) is 9.81. The third kappa shape index (κ3) is 6.04. The first-order valence-corrected chi connectivity index (χ1v) is 12.6. The molecule has 0 aliphatic carbocycles. The van der Waals surface area contributed by atoms with Crippen molar-refractivity contribution in [3.8, 4) is 11.5 Å². The lowest BCUT2D eigenvalue weighted by molar-refractivity contribution is -0.0158. The molecule has 3 atom stereocenters. The largest absolute Gasteiger partial charge is 0.493 e. The van der Waals surface area contributed by atoms with Gasteiger partial charge in [-0.3, -0.25) is 9.29 Å². The van der Waals surface area contributed by atoms with E-state index >= 15 is 0 Å². The lowest BCUT2D eigenvalue weighted by Crippen LogP contribution is -2.48. The third-order valence-electron chi connectivity index (χ3n) is 6.68. The lowest BCUT2D eigenvalue weighted by Gasteiger charge is -2.46. The standard InChI is InChI=1S/C24H38FNO3S/c1-28-23-14-18-9-11-26-17-19(8-6-4-3-5-7-12-30-13-10-25)22(27)16-21(26)20(18)15-24(23)29-2/h14-15,19,21-22,27H,3-13,16-17H2,1-2H3/t19-,21-,22-/m0/s1. The van der Waals surface area contributed by atoms with E-state index in [0.717, 1.165) is 49.6 Å². The number of rotatable bonds is 12. The van der Waals surface area contributed by atoms with Gasteiger partial charge >= 0.3 is 0 Å². The van der Waals surface area contributed by atoms with Crippen LogP contribution in [0.4, 0.5) is 4.39 Å². The first-order chi connectivity index (χ1) is 14.7. The van der Waals surface area contributed by atoms with Crippen molar-refractivity contribution in [1.82, 2.24) is 4.90 Å². The van der Waals surface area contributed by atoms with E-state index in [4.69, 9.17) is 9.47 Å². The Morgan fingerprint density at radius 3 is 2.57 bits per heavy atom. The molecule has 0 aromatic heterocycles. The fourth-order valence-corrected chi connectivity index (χ4v) is 5.72. The number of unbranched alkanes of at least 4 members (excludes halogenated alkanes) is 4. The van der Waals surface area contributed by atoms with Gasteiger partial charge in [-0.1, -0.05) is 25.7 Å². The van der Waals surface area contributed by atoms with Gasteiger partial charge in [-0.2, -0.15) is 11.8 Å². The first-order valence-electron chi connectivity index (χ1n) is 11.5. The van der Waals surface area contributed by atoms with Crippen LogP contribution >= 0.6 is 11.8 Å². The zero-order valence-electron chi connectivity index (χ0n) is 18.6. The number of alkyl halides is 1. The van der Waals surface area contributed by atoms with E-state index in [2.05, 4.69) is 17.0 Å². The van der Waals surface area contributed by atoms with Crippen LogP contribution in [0.25, 0.3) is 0 Å². The number of thioether (sulfide) groups is 1. The summed E-state index contributed by atoms with van der Waals surface area (Å²) in [6.07, 6.45) is 8.82. The average molecular weight is 440 g/mol. The van der Waals surface area contributed by atoms with Gasteiger partial charge in [0.1, 0.15) is 0 Å². The van der Waals surface area contributed by atoms with E-state index in [-0.39, 0.29) is 18.8 Å². The molecule has 1 aromatic rings. The number of hydrogen-bond donors (Lipinski definition) is 1. The number of ether oxygens (including phenoxy) is 2. The molecular formula is C24H38FNO3S. The number of aliphatic hydroxyl groups is 1. The van der Waals surface area contributed by atoms with E-state index in [1.54, 1.807) is 26.0 Å². The number of aliphatic hydroxyl groups excluding tert-OH is 1. The molecule has 2 aliphatic rings. The highest BCUT2D eigenvalue weighted by Crippen LogP contribution is 2.43. The Balaban J connectivity index is 1.46. The monoisotopic (exact) mass is 439 g/mol. The zero-order valence-corrected chi connectivity index (χ0v) is 19.4. The van der Waals surface area contributed by atoms with E-state index in [1.165, 1.54) is 43.2 Å². The third-order valence-corrected chi connectivity index (χ3v) is 7.70. The van der Waals surface area contributed by atoms with Crippen molar-refractivity contribution < 1.29 is 19.0 Å². The molecule has 1 aromatic carbocycles. The summed E-state index contributed by atoms with van der Waals surface area (Å²) in [6.45, 7) is 1.83. The van der Waals surface area contributed by atoms with Crippen LogP contribution in [0.15, 0.2) is 12.1 Å². The Labute approximate surface area is 185 Å². The minimum Gasteiger partial charge on any atom is -0.493 e. The summed E-state index contributed by atoms with van der Waals surface area (Å²) >= 11 is 1.72. The van der Waals surface area contributed by atoms with Crippen LogP contribution in [0.1, 0.15) is 62.1 Å². The van der Waals surface area contributed by atoms with Gasteiger partial charge in [-0.15, -0.1) is 0 Å². The van der Waals surface area contributed by atoms with Crippen LogP contribution in [0, 0.1) is 5.92 Å². The van der Waals surface area contributed by atoms with Crippen LogP contribution in [0.5, 0.6) is 11.5 Å². The normalized spacial score (nSPS) is 23.7. The Morgan fingerprint density at radius 1 is 1.07 bits per heavy atom. The molecule has 30 heavy (non-hydrogen) atoms. The van der Waals surface area contributed by atoms with Crippen molar-refractivity contribution in [2.24, 2.45) is 5.92 Å². The predicted molar refractivity (Wildman–Crippen MR) is 123 cm³/mol. The molecule has 1 N–H and O–H groups in total. The fraction of sp³-hybridized carbons (Fsp3) is 0.750. The highest BCUT2D eigenvalue weighted by Gasteiger charge is 2.38. The van der Waals surface area contributed by atoms with Gasteiger partial charge in [0.25, 0.3) is 0 Å². The van der Waals surface area contributed by atoms with Gasteiger partial charge in [-0.25, -0.2) is 0 Å². The van der Waals surface area contributed by atoms with Crippen LogP contribution in [-0.4, -0.2) is 61.6 Å². The predicted octanol–water partition coefficient (Wildman–Crippen LogP) is 5.03. The van der Waals surface area contributed by atoms with Gasteiger partial charge in [0.15, 0.2) is 11.5 Å². The Bertz CT molecular complexity index is 660. The molecule has 1 saturated heterocycles. The van der Waals surface area contributed by atoms with Gasteiger partial charge in [0.2, 0.25) is 0 Å². The fourth-order valence-electron chi connectivity index (χ4n) is 5.00. The first kappa shape index (κ1) is 23.7. The number of halogens is 1. The Kier molecular flexibility index (Phi) is 9.60. The average Bonchev–Trinajstić information content (AvgIpc) is 2.77. The number of nitrogens with zero attached hydrogens (tertiary/aromatic N) is 1. The lowest BCUT2D eigenvalue weighted by atomic mass is 9.80. The molecule has 170 valence electrons. The number of hydrogen-bond acceptors (Lipinski definition) is 5. The molecule has 0 amide bonds. The molecule has 0 spiro atoms. The highest BCUT2D eigenvalue weighted by atomic mass is 32.2. The molecule has 3 rings (SSSR count). The second-order valence-electron chi connectivity index (χ2n) is 8.59. The van der Waals surface area contributed by atoms with Crippen molar-refractivity contribution in [1.29, 1.82) is 0 Å². The van der Waals surface area contributed by atoms with Gasteiger partial charge < -0.3 is 14.6 Å². The summed E-state index contributed by atoms with van der Waals surface area (Å²) < 4.78 is 23.1. The molecule has 0 radical (unpaired) electrons. The Hall–Kier alpha value is -0.980. The van der Waals surface area contributed by atoms with Crippen molar-refractivity contribution in [3.63, 3.8) is 0 Å². The molecule has 0 bridgehead atoms. The second kappa shape index (κ2) is 12.2. The summed E-state index contributed by atoms with van der Waals surface area (Å²) in [6, 6.07) is 4.51. The molecule has 2 aliphatic heterocycles. The summed E-state index contributed by atoms with van der Waals surface area (Å²) in [5, 5.41) is 10.9. The maximum atomic E-state index is 12.1. The van der Waals surface area contributed by atoms with E-state index in [1.807, 2.05) is 0 Å². The van der Waals surface area contributed by atoms with Gasteiger partial charge in [0.05, 0.1) is 27.0 Å². The maximum absolute atomic E-state index is 12.1. The molecule has 0 saturated carbocycles. The quantitative estimate of drug-likeness (QED) is 0.463. The summed E-state index contributed by atoms with van der Waals surface area (Å²) in [5.74, 6) is 3.67. The van der Waals surface area contributed by atoms with Gasteiger partial charge in [0, 0.05) is 24.9 Å². The topological polar surface area (TPSA) is 41.9 Å². The molecule has 2 heterocycles. The van der Waals surface area contributed by atoms with Crippen molar-refractivity contribution in [2.75, 3.05) is 45.5 Å².